The number of ether oxygens (including phenoxy) is 3. The van der Waals surface area contributed by atoms with Gasteiger partial charge in [-0.05, 0) is 23.4 Å². The number of esters is 1. The maximum absolute atomic E-state index is 12.6. The summed E-state index contributed by atoms with van der Waals surface area (Å²) < 4.78 is 15.9. The highest BCUT2D eigenvalue weighted by molar-refractivity contribution is 5.99. The van der Waals surface area contributed by atoms with Crippen LogP contribution in [-0.2, 0) is 16.6 Å². The molecule has 1 aliphatic heterocycles. The van der Waals surface area contributed by atoms with Crippen LogP contribution in [0.4, 0.5) is 5.69 Å². The lowest BCUT2D eigenvalue weighted by molar-refractivity contribution is -0.118. The van der Waals surface area contributed by atoms with Crippen molar-refractivity contribution in [3.8, 4) is 22.9 Å². The number of cyclic esters (lactones) is 1. The smallest absolute Gasteiger partial charge is 0.343 e. The lowest BCUT2D eigenvalue weighted by Crippen LogP contribution is -2.15. The van der Waals surface area contributed by atoms with E-state index < -0.39 is 12.1 Å². The van der Waals surface area contributed by atoms with Crippen LogP contribution in [0.15, 0.2) is 36.4 Å². The normalized spacial score (nSPS) is 14.8. The molecule has 0 aliphatic carbocycles. The van der Waals surface area contributed by atoms with Gasteiger partial charge < -0.3 is 19.5 Å². The second-order valence-electron chi connectivity index (χ2n) is 6.59. The minimum absolute atomic E-state index is 0.0398. The predicted octanol–water partition coefficient (Wildman–Crippen LogP) is 2.13. The SMILES string of the molecule is COc1ccc2c(c1OC)C(=O)O[C@H]2CC(=O)Nc1cccc(-c2nnn(C)n2)c1. The van der Waals surface area contributed by atoms with Crippen molar-refractivity contribution >= 4 is 17.6 Å². The van der Waals surface area contributed by atoms with E-state index in [0.29, 0.717) is 28.6 Å². The summed E-state index contributed by atoms with van der Waals surface area (Å²) in [6.07, 6.45) is -0.751. The number of methoxy groups -OCH3 is 2. The Labute approximate surface area is 171 Å². The highest BCUT2D eigenvalue weighted by atomic mass is 16.6. The van der Waals surface area contributed by atoms with Gasteiger partial charge in [0.15, 0.2) is 11.5 Å². The fraction of sp³-hybridized carbons (Fsp3) is 0.250. The summed E-state index contributed by atoms with van der Waals surface area (Å²) in [6.45, 7) is 0. The van der Waals surface area contributed by atoms with Crippen LogP contribution in [0, 0.1) is 0 Å². The second-order valence-corrected chi connectivity index (χ2v) is 6.59. The predicted molar refractivity (Wildman–Crippen MR) is 105 cm³/mol. The van der Waals surface area contributed by atoms with Crippen LogP contribution < -0.4 is 14.8 Å². The first-order valence-electron chi connectivity index (χ1n) is 9.10. The molecule has 4 rings (SSSR count). The van der Waals surface area contributed by atoms with Crippen LogP contribution in [-0.4, -0.2) is 46.3 Å². The van der Waals surface area contributed by atoms with E-state index in [2.05, 4.69) is 20.7 Å². The Kier molecular flexibility index (Phi) is 5.05. The summed E-state index contributed by atoms with van der Waals surface area (Å²) in [5, 5.41) is 14.7. The Morgan fingerprint density at radius 2 is 2.07 bits per heavy atom. The molecule has 1 atom stereocenters. The zero-order chi connectivity index (χ0) is 21.3. The van der Waals surface area contributed by atoms with Crippen molar-refractivity contribution < 1.29 is 23.8 Å². The average molecular weight is 409 g/mol. The molecular weight excluding hydrogens is 390 g/mol. The molecule has 0 unspecified atom stereocenters. The average Bonchev–Trinajstić information content (AvgIpc) is 3.31. The molecule has 1 aliphatic rings. The third-order valence-electron chi connectivity index (χ3n) is 4.66. The summed E-state index contributed by atoms with van der Waals surface area (Å²) in [5.41, 5.74) is 2.16. The van der Waals surface area contributed by atoms with Gasteiger partial charge in [0, 0.05) is 16.8 Å². The number of carbonyl (C=O) groups excluding carboxylic acids is 2. The van der Waals surface area contributed by atoms with Crippen molar-refractivity contribution in [2.75, 3.05) is 19.5 Å². The molecule has 0 bridgehead atoms. The van der Waals surface area contributed by atoms with Crippen molar-refractivity contribution in [3.63, 3.8) is 0 Å². The lowest BCUT2D eigenvalue weighted by Gasteiger charge is -2.13. The largest absolute Gasteiger partial charge is 0.493 e. The quantitative estimate of drug-likeness (QED) is 0.615. The van der Waals surface area contributed by atoms with Gasteiger partial charge in [0.1, 0.15) is 11.7 Å². The topological polar surface area (TPSA) is 117 Å². The van der Waals surface area contributed by atoms with E-state index in [9.17, 15) is 9.59 Å². The Hall–Kier alpha value is -3.95. The Bertz CT molecular complexity index is 1130. The van der Waals surface area contributed by atoms with E-state index in [0.717, 1.165) is 5.56 Å². The van der Waals surface area contributed by atoms with Gasteiger partial charge in [-0.25, -0.2) is 4.79 Å². The van der Waals surface area contributed by atoms with Crippen LogP contribution in [0.3, 0.4) is 0 Å². The number of nitrogens with zero attached hydrogens (tertiary/aromatic N) is 4. The zero-order valence-corrected chi connectivity index (χ0v) is 16.6. The summed E-state index contributed by atoms with van der Waals surface area (Å²) in [5.74, 6) is 0.321. The van der Waals surface area contributed by atoms with E-state index in [1.54, 1.807) is 37.4 Å². The first-order valence-corrected chi connectivity index (χ1v) is 9.10. The minimum atomic E-state index is -0.711. The van der Waals surface area contributed by atoms with Crippen LogP contribution in [0.25, 0.3) is 11.4 Å². The molecule has 154 valence electrons. The number of hydrogen-bond acceptors (Lipinski definition) is 8. The highest BCUT2D eigenvalue weighted by Gasteiger charge is 2.36. The van der Waals surface area contributed by atoms with Crippen LogP contribution in [0.1, 0.15) is 28.4 Å². The first kappa shape index (κ1) is 19.4. The Morgan fingerprint density at radius 1 is 1.23 bits per heavy atom. The van der Waals surface area contributed by atoms with E-state index in [4.69, 9.17) is 14.2 Å². The highest BCUT2D eigenvalue weighted by Crippen LogP contribution is 2.43. The van der Waals surface area contributed by atoms with E-state index in [1.807, 2.05) is 6.07 Å². The molecule has 10 nitrogen and oxygen atoms in total. The van der Waals surface area contributed by atoms with Crippen molar-refractivity contribution in [1.29, 1.82) is 0 Å². The monoisotopic (exact) mass is 409 g/mol. The minimum Gasteiger partial charge on any atom is -0.493 e. The molecule has 0 saturated heterocycles. The fourth-order valence-electron chi connectivity index (χ4n) is 3.34. The number of rotatable bonds is 6. The van der Waals surface area contributed by atoms with Crippen molar-refractivity contribution in [1.82, 2.24) is 20.2 Å². The molecule has 3 aromatic rings. The number of hydrogen-bond donors (Lipinski definition) is 1. The van der Waals surface area contributed by atoms with Crippen LogP contribution in [0.2, 0.25) is 0 Å². The molecular formula is C20H19N5O5. The van der Waals surface area contributed by atoms with Gasteiger partial charge in [-0.1, -0.05) is 18.2 Å². The molecule has 0 fully saturated rings. The third kappa shape index (κ3) is 3.54. The summed E-state index contributed by atoms with van der Waals surface area (Å²) in [7, 11) is 4.61. The van der Waals surface area contributed by atoms with Crippen LogP contribution >= 0.6 is 0 Å². The third-order valence-corrected chi connectivity index (χ3v) is 4.66. The van der Waals surface area contributed by atoms with Crippen LogP contribution in [0.5, 0.6) is 11.5 Å². The number of aryl methyl sites for hydroxylation is 1. The summed E-state index contributed by atoms with van der Waals surface area (Å²) in [4.78, 5) is 26.3. The molecule has 0 spiro atoms. The number of anilines is 1. The van der Waals surface area contributed by atoms with E-state index in [-0.39, 0.29) is 17.9 Å². The van der Waals surface area contributed by atoms with Gasteiger partial charge in [-0.15, -0.1) is 10.2 Å². The maximum atomic E-state index is 12.6. The number of fused-ring (bicyclic) bond motifs is 1. The standard InChI is InChI=1S/C20H19N5O5/c1-25-23-19(22-24-25)11-5-4-6-12(9-11)21-16(26)10-15-13-7-8-14(28-2)18(29-3)17(13)20(27)30-15/h4-9,15H,10H2,1-3H3,(H,21,26)/t15-/m0/s1. The molecule has 10 heteroatoms. The van der Waals surface area contributed by atoms with Gasteiger partial charge in [0.25, 0.3) is 0 Å². The number of carbonyl (C=O) groups is 2. The van der Waals surface area contributed by atoms with Gasteiger partial charge in [0.2, 0.25) is 11.7 Å². The molecule has 1 amide bonds. The van der Waals surface area contributed by atoms with E-state index in [1.165, 1.54) is 19.0 Å². The van der Waals surface area contributed by atoms with Gasteiger partial charge >= 0.3 is 5.97 Å². The number of benzene rings is 2. The van der Waals surface area contributed by atoms with Crippen molar-refractivity contribution in [3.05, 3.63) is 47.5 Å². The molecule has 1 aromatic heterocycles. The number of tetrazole rings is 1. The molecule has 0 saturated carbocycles. The van der Waals surface area contributed by atoms with Gasteiger partial charge in [-0.2, -0.15) is 4.80 Å². The molecule has 2 heterocycles. The Balaban J connectivity index is 1.51. The summed E-state index contributed by atoms with van der Waals surface area (Å²) >= 11 is 0. The Morgan fingerprint density at radius 3 is 2.77 bits per heavy atom. The molecule has 30 heavy (non-hydrogen) atoms. The maximum Gasteiger partial charge on any atom is 0.343 e. The lowest BCUT2D eigenvalue weighted by atomic mass is 10.0. The first-order chi connectivity index (χ1) is 14.5. The van der Waals surface area contributed by atoms with Gasteiger partial charge in [-0.3, -0.25) is 4.79 Å². The fourth-order valence-corrected chi connectivity index (χ4v) is 3.34. The van der Waals surface area contributed by atoms with Gasteiger partial charge in [0.05, 0.1) is 27.7 Å². The zero-order valence-electron chi connectivity index (χ0n) is 16.6. The number of nitrogens with one attached hydrogen (secondary N) is 1. The van der Waals surface area contributed by atoms with E-state index >= 15 is 0 Å². The number of amides is 1. The second kappa shape index (κ2) is 7.82. The number of aromatic nitrogens is 4. The molecule has 1 N–H and O–H groups in total. The molecule has 2 aromatic carbocycles. The molecule has 0 radical (unpaired) electrons. The van der Waals surface area contributed by atoms with Crippen molar-refractivity contribution in [2.45, 2.75) is 12.5 Å². The van der Waals surface area contributed by atoms with Crippen molar-refractivity contribution in [2.24, 2.45) is 7.05 Å². The summed E-state index contributed by atoms with van der Waals surface area (Å²) in [6, 6.07) is 10.5.